The second kappa shape index (κ2) is 6.32. The van der Waals surface area contributed by atoms with E-state index in [1.807, 2.05) is 0 Å². The predicted octanol–water partition coefficient (Wildman–Crippen LogP) is 3.15. The van der Waals surface area contributed by atoms with Crippen molar-refractivity contribution in [3.8, 4) is 0 Å². The third-order valence-electron chi connectivity index (χ3n) is 3.06. The molecule has 0 bridgehead atoms. The van der Waals surface area contributed by atoms with Crippen molar-refractivity contribution in [1.29, 1.82) is 0 Å². The van der Waals surface area contributed by atoms with Crippen LogP contribution in [0.15, 0.2) is 4.52 Å². The summed E-state index contributed by atoms with van der Waals surface area (Å²) in [5.41, 5.74) is 0.191. The summed E-state index contributed by atoms with van der Waals surface area (Å²) in [5.74, 6) is 1.89. The number of nitrogens with one attached hydrogen (secondary N) is 1. The zero-order valence-corrected chi connectivity index (χ0v) is 12.6. The predicted molar refractivity (Wildman–Crippen MR) is 73.6 cm³/mol. The highest BCUT2D eigenvalue weighted by Crippen LogP contribution is 2.24. The molecule has 0 aromatic carbocycles. The Morgan fingerprint density at radius 2 is 1.94 bits per heavy atom. The van der Waals surface area contributed by atoms with E-state index in [-0.39, 0.29) is 5.41 Å². The molecular weight excluding hydrogens is 226 g/mol. The first-order chi connectivity index (χ1) is 8.37. The van der Waals surface area contributed by atoms with E-state index >= 15 is 0 Å². The molecule has 1 aromatic rings. The first-order valence-corrected chi connectivity index (χ1v) is 6.93. The second-order valence-corrected chi connectivity index (χ2v) is 6.15. The molecule has 2 unspecified atom stereocenters. The van der Waals surface area contributed by atoms with Crippen LogP contribution in [-0.2, 0) is 6.42 Å². The summed E-state index contributed by atoms with van der Waals surface area (Å²) in [6, 6.07) is 0.364. The van der Waals surface area contributed by atoms with Gasteiger partial charge in [0.25, 0.3) is 0 Å². The Kier molecular flexibility index (Phi) is 5.32. The van der Waals surface area contributed by atoms with Gasteiger partial charge in [0.1, 0.15) is 0 Å². The van der Waals surface area contributed by atoms with Gasteiger partial charge in [-0.3, -0.25) is 0 Å². The van der Waals surface area contributed by atoms with Crippen molar-refractivity contribution < 1.29 is 4.52 Å². The number of aromatic nitrogens is 2. The van der Waals surface area contributed by atoms with E-state index < -0.39 is 0 Å². The number of likely N-dealkylation sites (N-methyl/N-ethyl adjacent to an activating group) is 1. The molecule has 0 aliphatic heterocycles. The Hall–Kier alpha value is -0.900. The molecule has 18 heavy (non-hydrogen) atoms. The lowest BCUT2D eigenvalue weighted by Gasteiger charge is -2.19. The van der Waals surface area contributed by atoms with Crippen LogP contribution in [0.1, 0.15) is 65.6 Å². The molecule has 0 radical (unpaired) electrons. The number of hydrogen-bond donors (Lipinski definition) is 1. The Labute approximate surface area is 111 Å². The van der Waals surface area contributed by atoms with Crippen LogP contribution < -0.4 is 5.32 Å². The van der Waals surface area contributed by atoms with Crippen LogP contribution in [0.3, 0.4) is 0 Å². The first kappa shape index (κ1) is 15.2. The van der Waals surface area contributed by atoms with Crippen LogP contribution in [0.5, 0.6) is 0 Å². The minimum absolute atomic E-state index is 0.191. The third kappa shape index (κ3) is 4.41. The van der Waals surface area contributed by atoms with Crippen LogP contribution in [0.2, 0.25) is 0 Å². The van der Waals surface area contributed by atoms with Crippen molar-refractivity contribution in [2.24, 2.45) is 5.41 Å². The lowest BCUT2D eigenvalue weighted by molar-refractivity contribution is 0.312. The molecule has 4 heteroatoms. The molecule has 1 aromatic heterocycles. The molecule has 0 fully saturated rings. The fourth-order valence-electron chi connectivity index (χ4n) is 2.17. The smallest absolute Gasteiger partial charge is 0.231 e. The minimum atomic E-state index is 0.191. The van der Waals surface area contributed by atoms with Gasteiger partial charge in [0.05, 0.1) is 5.92 Å². The van der Waals surface area contributed by atoms with Crippen LogP contribution in [-0.4, -0.2) is 22.7 Å². The van der Waals surface area contributed by atoms with Gasteiger partial charge in [-0.05, 0) is 25.3 Å². The van der Waals surface area contributed by atoms with Gasteiger partial charge in [0.15, 0.2) is 5.82 Å². The van der Waals surface area contributed by atoms with Gasteiger partial charge < -0.3 is 9.84 Å². The third-order valence-corrected chi connectivity index (χ3v) is 3.06. The zero-order valence-electron chi connectivity index (χ0n) is 12.6. The van der Waals surface area contributed by atoms with Crippen molar-refractivity contribution in [2.75, 3.05) is 6.54 Å². The topological polar surface area (TPSA) is 51.0 Å². The average Bonchev–Trinajstić information content (AvgIpc) is 2.65. The largest absolute Gasteiger partial charge is 0.339 e. The zero-order chi connectivity index (χ0) is 13.8. The molecule has 4 nitrogen and oxygen atoms in total. The Morgan fingerprint density at radius 1 is 1.28 bits per heavy atom. The second-order valence-electron chi connectivity index (χ2n) is 6.15. The molecule has 2 atom stereocenters. The molecule has 0 aliphatic carbocycles. The maximum Gasteiger partial charge on any atom is 0.231 e. The summed E-state index contributed by atoms with van der Waals surface area (Å²) in [7, 11) is 0. The van der Waals surface area contributed by atoms with Gasteiger partial charge in [-0.1, -0.05) is 39.8 Å². The molecule has 0 saturated carbocycles. The molecule has 0 aliphatic rings. The fraction of sp³-hybridized carbons (Fsp3) is 0.857. The molecule has 0 spiro atoms. The van der Waals surface area contributed by atoms with E-state index in [2.05, 4.69) is 57.0 Å². The molecule has 0 saturated heterocycles. The SMILES string of the molecule is CCNC(C)C(CC)c1nc(CC(C)(C)C)no1. The number of hydrogen-bond acceptors (Lipinski definition) is 4. The van der Waals surface area contributed by atoms with Crippen LogP contribution >= 0.6 is 0 Å². The summed E-state index contributed by atoms with van der Waals surface area (Å²) in [5, 5.41) is 7.52. The average molecular weight is 253 g/mol. The molecular formula is C14H27N3O. The summed E-state index contributed by atoms with van der Waals surface area (Å²) in [4.78, 5) is 4.55. The van der Waals surface area contributed by atoms with Crippen molar-refractivity contribution in [2.45, 2.75) is 66.3 Å². The van der Waals surface area contributed by atoms with Crippen molar-refractivity contribution >= 4 is 0 Å². The Bertz CT molecular complexity index is 354. The maximum atomic E-state index is 5.43. The van der Waals surface area contributed by atoms with Gasteiger partial charge in [0.2, 0.25) is 5.89 Å². The standard InChI is InChI=1S/C14H27N3O/c1-7-11(10(3)15-8-2)13-16-12(17-18-13)9-14(4,5)6/h10-11,15H,7-9H2,1-6H3. The number of rotatable bonds is 6. The van der Waals surface area contributed by atoms with Gasteiger partial charge in [0, 0.05) is 12.5 Å². The van der Waals surface area contributed by atoms with E-state index in [1.54, 1.807) is 0 Å². The van der Waals surface area contributed by atoms with Crippen LogP contribution in [0, 0.1) is 5.41 Å². The van der Waals surface area contributed by atoms with Crippen molar-refractivity contribution in [3.05, 3.63) is 11.7 Å². The first-order valence-electron chi connectivity index (χ1n) is 6.93. The summed E-state index contributed by atoms with van der Waals surface area (Å²) < 4.78 is 5.43. The molecule has 104 valence electrons. The van der Waals surface area contributed by atoms with E-state index in [0.717, 1.165) is 31.1 Å². The summed E-state index contributed by atoms with van der Waals surface area (Å²) in [6.45, 7) is 13.9. The fourth-order valence-corrected chi connectivity index (χ4v) is 2.17. The minimum Gasteiger partial charge on any atom is -0.339 e. The quantitative estimate of drug-likeness (QED) is 0.846. The van der Waals surface area contributed by atoms with E-state index in [4.69, 9.17) is 4.52 Å². The summed E-state index contributed by atoms with van der Waals surface area (Å²) in [6.07, 6.45) is 1.85. The van der Waals surface area contributed by atoms with Crippen LogP contribution in [0.25, 0.3) is 0 Å². The molecule has 0 amide bonds. The van der Waals surface area contributed by atoms with Crippen LogP contribution in [0.4, 0.5) is 0 Å². The van der Waals surface area contributed by atoms with E-state index in [0.29, 0.717) is 12.0 Å². The van der Waals surface area contributed by atoms with E-state index in [9.17, 15) is 0 Å². The highest BCUT2D eigenvalue weighted by atomic mass is 16.5. The van der Waals surface area contributed by atoms with Gasteiger partial charge in [-0.2, -0.15) is 4.98 Å². The lowest BCUT2D eigenvalue weighted by atomic mass is 9.92. The normalized spacial score (nSPS) is 15.7. The van der Waals surface area contributed by atoms with Crippen molar-refractivity contribution in [1.82, 2.24) is 15.5 Å². The molecule has 1 N–H and O–H groups in total. The molecule has 1 heterocycles. The molecule has 1 rings (SSSR count). The van der Waals surface area contributed by atoms with Gasteiger partial charge >= 0.3 is 0 Å². The summed E-state index contributed by atoms with van der Waals surface area (Å²) >= 11 is 0. The highest BCUT2D eigenvalue weighted by Gasteiger charge is 2.24. The Balaban J connectivity index is 2.76. The maximum absolute atomic E-state index is 5.43. The van der Waals surface area contributed by atoms with Crippen molar-refractivity contribution in [3.63, 3.8) is 0 Å². The highest BCUT2D eigenvalue weighted by molar-refractivity contribution is 4.99. The van der Waals surface area contributed by atoms with E-state index in [1.165, 1.54) is 0 Å². The van der Waals surface area contributed by atoms with Gasteiger partial charge in [-0.15, -0.1) is 0 Å². The lowest BCUT2D eigenvalue weighted by Crippen LogP contribution is -2.31. The monoisotopic (exact) mass is 253 g/mol. The van der Waals surface area contributed by atoms with Gasteiger partial charge in [-0.25, -0.2) is 0 Å². The Morgan fingerprint density at radius 3 is 2.44 bits per heavy atom. The number of nitrogens with zero attached hydrogens (tertiary/aromatic N) is 2.